The van der Waals surface area contributed by atoms with Crippen LogP contribution in [-0.2, 0) is 4.79 Å². The number of ether oxygens (including phenoxy) is 2. The van der Waals surface area contributed by atoms with Gasteiger partial charge in [-0.3, -0.25) is 4.79 Å². The number of nitrogens with zero attached hydrogens (tertiary/aromatic N) is 2. The Hall–Kier alpha value is -3.07. The number of hydrogen-bond donors (Lipinski definition) is 1. The predicted molar refractivity (Wildman–Crippen MR) is 104 cm³/mol. The molecule has 29 heavy (non-hydrogen) atoms. The molecule has 1 amide bonds. The minimum absolute atomic E-state index is 0.186. The van der Waals surface area contributed by atoms with Gasteiger partial charge in [0, 0.05) is 5.56 Å². The molecule has 1 aromatic heterocycles. The Bertz CT molecular complexity index is 1020. The van der Waals surface area contributed by atoms with Gasteiger partial charge in [0.1, 0.15) is 5.82 Å². The Balaban J connectivity index is 1.37. The molecule has 2 aromatic carbocycles. The van der Waals surface area contributed by atoms with Crippen LogP contribution in [-0.4, -0.2) is 28.1 Å². The van der Waals surface area contributed by atoms with Crippen molar-refractivity contribution in [1.29, 1.82) is 0 Å². The van der Waals surface area contributed by atoms with Crippen LogP contribution in [0, 0.1) is 5.82 Å². The number of fused-ring (bicyclic) bond motifs is 1. The quantitative estimate of drug-likeness (QED) is 0.610. The van der Waals surface area contributed by atoms with Gasteiger partial charge in [-0.1, -0.05) is 23.9 Å². The first-order valence-corrected chi connectivity index (χ1v) is 9.83. The van der Waals surface area contributed by atoms with E-state index in [2.05, 4.69) is 15.5 Å². The summed E-state index contributed by atoms with van der Waals surface area (Å²) in [4.78, 5) is 12.5. The van der Waals surface area contributed by atoms with E-state index in [4.69, 9.17) is 13.9 Å². The van der Waals surface area contributed by atoms with Gasteiger partial charge >= 0.3 is 0 Å². The molecular formula is C20H18FN3O4S. The molecule has 1 aliphatic heterocycles. The van der Waals surface area contributed by atoms with Crippen LogP contribution in [0.4, 0.5) is 4.39 Å². The Morgan fingerprint density at radius 2 is 1.86 bits per heavy atom. The maximum absolute atomic E-state index is 13.0. The zero-order valence-corrected chi connectivity index (χ0v) is 16.5. The molecule has 7 nitrogen and oxygen atoms in total. The predicted octanol–water partition coefficient (Wildman–Crippen LogP) is 3.96. The summed E-state index contributed by atoms with van der Waals surface area (Å²) in [6, 6.07) is 11.1. The van der Waals surface area contributed by atoms with Crippen LogP contribution in [0.2, 0.25) is 0 Å². The second-order valence-electron chi connectivity index (χ2n) is 6.48. The number of carbonyl (C=O) groups excluding carboxylic acids is 1. The normalized spacial score (nSPS) is 14.4. The molecule has 0 saturated carbocycles. The number of carbonyl (C=O) groups is 1. The largest absolute Gasteiger partial charge is 0.454 e. The van der Waals surface area contributed by atoms with Crippen molar-refractivity contribution in [2.75, 3.05) is 6.79 Å². The third-order valence-electron chi connectivity index (χ3n) is 4.40. The monoisotopic (exact) mass is 415 g/mol. The van der Waals surface area contributed by atoms with Gasteiger partial charge in [-0.25, -0.2) is 4.39 Å². The highest BCUT2D eigenvalue weighted by molar-refractivity contribution is 8.00. The fraction of sp³-hybridized carbons (Fsp3) is 0.250. The first-order valence-electron chi connectivity index (χ1n) is 8.95. The highest BCUT2D eigenvalue weighted by Gasteiger charge is 2.21. The summed E-state index contributed by atoms with van der Waals surface area (Å²) in [5.41, 5.74) is 1.52. The lowest BCUT2D eigenvalue weighted by molar-refractivity contribution is -0.120. The number of amides is 1. The molecule has 2 heterocycles. The first kappa shape index (κ1) is 19.3. The number of thioether (sulfide) groups is 1. The summed E-state index contributed by atoms with van der Waals surface area (Å²) in [5.74, 6) is 1.12. The molecule has 150 valence electrons. The van der Waals surface area contributed by atoms with E-state index in [0.29, 0.717) is 23.0 Å². The van der Waals surface area contributed by atoms with Crippen LogP contribution >= 0.6 is 11.8 Å². The van der Waals surface area contributed by atoms with E-state index >= 15 is 0 Å². The summed E-state index contributed by atoms with van der Waals surface area (Å²) >= 11 is 1.16. The van der Waals surface area contributed by atoms with Crippen molar-refractivity contribution in [1.82, 2.24) is 15.5 Å². The van der Waals surface area contributed by atoms with Crippen LogP contribution in [0.15, 0.2) is 52.1 Å². The molecule has 0 spiro atoms. The summed E-state index contributed by atoms with van der Waals surface area (Å²) in [6.45, 7) is 3.78. The van der Waals surface area contributed by atoms with Gasteiger partial charge in [0.2, 0.25) is 18.6 Å². The Labute approximate surface area is 170 Å². The van der Waals surface area contributed by atoms with Crippen molar-refractivity contribution in [3.63, 3.8) is 0 Å². The molecule has 9 heteroatoms. The molecule has 2 atom stereocenters. The van der Waals surface area contributed by atoms with Crippen LogP contribution in [0.3, 0.4) is 0 Å². The molecular weight excluding hydrogens is 397 g/mol. The SMILES string of the molecule is C[C@@H](Sc1nnc(-c2ccc3c(c2)OCO3)o1)C(=O)N[C@H](C)c1ccc(F)cc1. The van der Waals surface area contributed by atoms with E-state index in [1.807, 2.05) is 6.92 Å². The molecule has 0 unspecified atom stereocenters. The van der Waals surface area contributed by atoms with Crippen molar-refractivity contribution < 1.29 is 23.1 Å². The molecule has 0 aliphatic carbocycles. The Kier molecular flexibility index (Phi) is 5.39. The number of hydrogen-bond acceptors (Lipinski definition) is 7. The van der Waals surface area contributed by atoms with E-state index in [9.17, 15) is 9.18 Å². The summed E-state index contributed by atoms with van der Waals surface area (Å²) < 4.78 is 29.4. The second-order valence-corrected chi connectivity index (χ2v) is 7.78. The van der Waals surface area contributed by atoms with E-state index in [1.165, 1.54) is 12.1 Å². The highest BCUT2D eigenvalue weighted by Crippen LogP contribution is 2.36. The zero-order valence-electron chi connectivity index (χ0n) is 15.7. The molecule has 1 N–H and O–H groups in total. The van der Waals surface area contributed by atoms with Gasteiger partial charge in [-0.2, -0.15) is 0 Å². The number of benzene rings is 2. The van der Waals surface area contributed by atoms with Crippen molar-refractivity contribution in [3.8, 4) is 23.0 Å². The van der Waals surface area contributed by atoms with Gasteiger partial charge in [0.25, 0.3) is 5.22 Å². The van der Waals surface area contributed by atoms with Crippen LogP contribution < -0.4 is 14.8 Å². The number of rotatable bonds is 6. The lowest BCUT2D eigenvalue weighted by Gasteiger charge is -2.16. The lowest BCUT2D eigenvalue weighted by atomic mass is 10.1. The Morgan fingerprint density at radius 1 is 1.10 bits per heavy atom. The van der Waals surface area contributed by atoms with Crippen LogP contribution in [0.1, 0.15) is 25.5 Å². The fourth-order valence-electron chi connectivity index (χ4n) is 2.77. The van der Waals surface area contributed by atoms with E-state index in [0.717, 1.165) is 17.3 Å². The van der Waals surface area contributed by atoms with E-state index < -0.39 is 5.25 Å². The maximum atomic E-state index is 13.0. The topological polar surface area (TPSA) is 86.5 Å². The second kappa shape index (κ2) is 8.12. The molecule has 4 rings (SSSR count). The molecule has 0 bridgehead atoms. The van der Waals surface area contributed by atoms with Gasteiger partial charge in [0.05, 0.1) is 11.3 Å². The zero-order chi connectivity index (χ0) is 20.4. The standard InChI is InChI=1S/C20H18FN3O4S/c1-11(13-3-6-15(21)7-4-13)22-18(25)12(2)29-20-24-23-19(28-20)14-5-8-16-17(9-14)27-10-26-16/h3-9,11-12H,10H2,1-2H3,(H,22,25)/t11-,12-/m1/s1. The minimum atomic E-state index is -0.456. The van der Waals surface area contributed by atoms with Gasteiger partial charge < -0.3 is 19.2 Å². The Morgan fingerprint density at radius 3 is 2.66 bits per heavy atom. The molecule has 0 radical (unpaired) electrons. The summed E-state index contributed by atoms with van der Waals surface area (Å²) in [6.07, 6.45) is 0. The molecule has 0 saturated heterocycles. The van der Waals surface area contributed by atoms with Crippen molar-refractivity contribution >= 4 is 17.7 Å². The number of halogens is 1. The summed E-state index contributed by atoms with van der Waals surface area (Å²) in [7, 11) is 0. The summed E-state index contributed by atoms with van der Waals surface area (Å²) in [5, 5.41) is 10.8. The van der Waals surface area contributed by atoms with Crippen molar-refractivity contribution in [2.45, 2.75) is 30.4 Å². The maximum Gasteiger partial charge on any atom is 0.277 e. The minimum Gasteiger partial charge on any atom is -0.454 e. The van der Waals surface area contributed by atoms with Gasteiger partial charge in [0.15, 0.2) is 11.5 Å². The number of nitrogens with one attached hydrogen (secondary N) is 1. The van der Waals surface area contributed by atoms with E-state index in [-0.39, 0.29) is 29.8 Å². The van der Waals surface area contributed by atoms with E-state index in [1.54, 1.807) is 37.3 Å². The third kappa shape index (κ3) is 4.34. The van der Waals surface area contributed by atoms with Crippen molar-refractivity contribution in [3.05, 3.63) is 53.8 Å². The van der Waals surface area contributed by atoms with Gasteiger partial charge in [-0.05, 0) is 49.7 Å². The first-order chi connectivity index (χ1) is 14.0. The lowest BCUT2D eigenvalue weighted by Crippen LogP contribution is -2.33. The van der Waals surface area contributed by atoms with Crippen LogP contribution in [0.25, 0.3) is 11.5 Å². The van der Waals surface area contributed by atoms with Crippen LogP contribution in [0.5, 0.6) is 11.5 Å². The molecule has 3 aromatic rings. The van der Waals surface area contributed by atoms with Crippen molar-refractivity contribution in [2.24, 2.45) is 0 Å². The molecule has 1 aliphatic rings. The smallest absolute Gasteiger partial charge is 0.277 e. The number of aromatic nitrogens is 2. The fourth-order valence-corrected chi connectivity index (χ4v) is 3.47. The average molecular weight is 415 g/mol. The van der Waals surface area contributed by atoms with Gasteiger partial charge in [-0.15, -0.1) is 10.2 Å². The highest BCUT2D eigenvalue weighted by atomic mass is 32.2. The third-order valence-corrected chi connectivity index (χ3v) is 5.34. The average Bonchev–Trinajstić information content (AvgIpc) is 3.37. The molecule has 0 fully saturated rings.